The van der Waals surface area contributed by atoms with Gasteiger partial charge in [0, 0.05) is 16.9 Å². The molecule has 0 saturated carbocycles. The van der Waals surface area contributed by atoms with Crippen LogP contribution in [0.5, 0.6) is 5.75 Å². The minimum absolute atomic E-state index is 0.864. The van der Waals surface area contributed by atoms with Gasteiger partial charge in [-0.15, -0.1) is 0 Å². The maximum Gasteiger partial charge on any atom is 0.145 e. The van der Waals surface area contributed by atoms with E-state index in [1.54, 1.807) is 7.11 Å². The normalized spacial score (nSPS) is 12.6. The lowest BCUT2D eigenvalue weighted by Gasteiger charge is -2.27. The van der Waals surface area contributed by atoms with E-state index in [9.17, 15) is 0 Å². The summed E-state index contributed by atoms with van der Waals surface area (Å²) in [5.74, 6) is 1.81. The first-order valence-electron chi connectivity index (χ1n) is 7.11. The molecule has 110 valence electrons. The number of aromatic nitrogens is 1. The van der Waals surface area contributed by atoms with Crippen LogP contribution in [0.4, 0.5) is 11.5 Å². The van der Waals surface area contributed by atoms with Gasteiger partial charge in [0.15, 0.2) is 0 Å². The van der Waals surface area contributed by atoms with Crippen LogP contribution in [0.2, 0.25) is 0 Å². The summed E-state index contributed by atoms with van der Waals surface area (Å²) in [6.07, 6.45) is 2.24. The van der Waals surface area contributed by atoms with Gasteiger partial charge >= 0.3 is 0 Å². The highest BCUT2D eigenvalue weighted by atomic mass is 79.9. The Labute approximate surface area is 133 Å². The van der Waals surface area contributed by atoms with Crippen LogP contribution >= 0.6 is 15.9 Å². The first kappa shape index (κ1) is 14.4. The summed E-state index contributed by atoms with van der Waals surface area (Å²) >= 11 is 3.60. The molecule has 1 heterocycles. The molecule has 0 spiro atoms. The maximum atomic E-state index is 5.49. The van der Waals surface area contributed by atoms with Crippen LogP contribution in [0.1, 0.15) is 27.9 Å². The van der Waals surface area contributed by atoms with Gasteiger partial charge in [-0.25, -0.2) is 4.98 Å². The van der Waals surface area contributed by atoms with E-state index >= 15 is 0 Å². The highest BCUT2D eigenvalue weighted by Gasteiger charge is 2.23. The summed E-state index contributed by atoms with van der Waals surface area (Å²) in [6.45, 7) is 6.19. The lowest BCUT2D eigenvalue weighted by molar-refractivity contribution is 0.410. The quantitative estimate of drug-likeness (QED) is 0.880. The van der Waals surface area contributed by atoms with Gasteiger partial charge in [-0.1, -0.05) is 0 Å². The van der Waals surface area contributed by atoms with Crippen molar-refractivity contribution in [2.45, 2.75) is 33.6 Å². The molecule has 0 fully saturated rings. The van der Waals surface area contributed by atoms with Crippen molar-refractivity contribution in [3.8, 4) is 5.75 Å². The molecule has 3 rings (SSSR count). The van der Waals surface area contributed by atoms with Crippen molar-refractivity contribution in [3.05, 3.63) is 44.6 Å². The fraction of sp³-hybridized carbons (Fsp3) is 0.353. The first-order valence-corrected chi connectivity index (χ1v) is 7.90. The molecule has 1 aliphatic rings. The number of nitrogens with zero attached hydrogens (tertiary/aromatic N) is 1. The van der Waals surface area contributed by atoms with Gasteiger partial charge in [0.1, 0.15) is 11.6 Å². The third kappa shape index (κ3) is 2.42. The average molecular weight is 347 g/mol. The maximum absolute atomic E-state index is 5.49. The lowest BCUT2D eigenvalue weighted by atomic mass is 9.85. The van der Waals surface area contributed by atoms with Crippen molar-refractivity contribution >= 4 is 27.4 Å². The summed E-state index contributed by atoms with van der Waals surface area (Å²) in [7, 11) is 1.72. The Kier molecular flexibility index (Phi) is 3.66. The molecule has 1 aromatic heterocycles. The summed E-state index contributed by atoms with van der Waals surface area (Å²) in [6, 6.07) is 4.26. The molecule has 21 heavy (non-hydrogen) atoms. The van der Waals surface area contributed by atoms with Gasteiger partial charge in [-0.2, -0.15) is 0 Å². The Balaban J connectivity index is 2.07. The van der Waals surface area contributed by atoms with E-state index in [1.807, 2.05) is 6.92 Å². The number of ether oxygens (including phenoxy) is 1. The van der Waals surface area contributed by atoms with Crippen LogP contribution in [0.3, 0.4) is 0 Å². The molecule has 0 bridgehead atoms. The smallest absolute Gasteiger partial charge is 0.145 e. The molecular weight excluding hydrogens is 328 g/mol. The van der Waals surface area contributed by atoms with E-state index in [2.05, 4.69) is 52.2 Å². The lowest BCUT2D eigenvalue weighted by Crippen LogP contribution is -2.14. The Hall–Kier alpha value is -1.55. The molecule has 4 heteroatoms. The van der Waals surface area contributed by atoms with E-state index in [1.165, 1.54) is 16.7 Å². The molecule has 1 aliphatic carbocycles. The van der Waals surface area contributed by atoms with Crippen LogP contribution in [-0.4, -0.2) is 12.1 Å². The largest absolute Gasteiger partial charge is 0.496 e. The van der Waals surface area contributed by atoms with Gasteiger partial charge in [0.2, 0.25) is 0 Å². The van der Waals surface area contributed by atoms with Crippen molar-refractivity contribution < 1.29 is 4.74 Å². The first-order chi connectivity index (χ1) is 10.0. The zero-order valence-corrected chi connectivity index (χ0v) is 14.4. The fourth-order valence-corrected chi connectivity index (χ4v) is 3.25. The summed E-state index contributed by atoms with van der Waals surface area (Å²) in [5, 5.41) is 3.51. The van der Waals surface area contributed by atoms with Gasteiger partial charge < -0.3 is 10.1 Å². The number of hydrogen-bond acceptors (Lipinski definition) is 3. The van der Waals surface area contributed by atoms with Crippen molar-refractivity contribution in [2.75, 3.05) is 12.4 Å². The monoisotopic (exact) mass is 346 g/mol. The molecule has 0 radical (unpaired) electrons. The van der Waals surface area contributed by atoms with Gasteiger partial charge in [0.25, 0.3) is 0 Å². The predicted octanol–water partition coefficient (Wildman–Crippen LogP) is 4.62. The third-order valence-corrected chi connectivity index (χ3v) is 4.87. The second-order valence-corrected chi connectivity index (χ2v) is 6.42. The van der Waals surface area contributed by atoms with Crippen LogP contribution < -0.4 is 10.1 Å². The van der Waals surface area contributed by atoms with Crippen LogP contribution in [-0.2, 0) is 12.8 Å². The highest BCUT2D eigenvalue weighted by molar-refractivity contribution is 9.10. The number of methoxy groups -OCH3 is 1. The second-order valence-electron chi connectivity index (χ2n) is 5.56. The number of anilines is 2. The number of fused-ring (bicyclic) bond motifs is 1. The molecule has 1 N–H and O–H groups in total. The molecule has 3 nitrogen and oxygen atoms in total. The van der Waals surface area contributed by atoms with Crippen molar-refractivity contribution in [2.24, 2.45) is 0 Å². The van der Waals surface area contributed by atoms with Crippen molar-refractivity contribution in [1.82, 2.24) is 4.98 Å². The number of hydrogen-bond donors (Lipinski definition) is 1. The van der Waals surface area contributed by atoms with Crippen molar-refractivity contribution in [1.29, 1.82) is 0 Å². The van der Waals surface area contributed by atoms with E-state index in [0.717, 1.165) is 45.8 Å². The van der Waals surface area contributed by atoms with E-state index in [0.29, 0.717) is 0 Å². The van der Waals surface area contributed by atoms with Crippen molar-refractivity contribution in [3.63, 3.8) is 0 Å². The van der Waals surface area contributed by atoms with Crippen LogP contribution in [0.25, 0.3) is 0 Å². The zero-order valence-electron chi connectivity index (χ0n) is 12.8. The Bertz CT molecular complexity index is 725. The molecule has 0 atom stereocenters. The number of nitrogens with one attached hydrogen (secondary N) is 1. The van der Waals surface area contributed by atoms with Gasteiger partial charge in [0.05, 0.1) is 11.6 Å². The molecule has 0 saturated heterocycles. The Morgan fingerprint density at radius 1 is 1.19 bits per heavy atom. The van der Waals surface area contributed by atoms with Gasteiger partial charge in [-0.3, -0.25) is 0 Å². The van der Waals surface area contributed by atoms with Gasteiger partial charge in [-0.05, 0) is 78.4 Å². The molecular formula is C17H19BrN2O. The second kappa shape index (κ2) is 5.34. The topological polar surface area (TPSA) is 34.1 Å². The molecule has 0 amide bonds. The number of rotatable bonds is 3. The summed E-state index contributed by atoms with van der Waals surface area (Å²) in [5.41, 5.74) is 7.28. The summed E-state index contributed by atoms with van der Waals surface area (Å²) < 4.78 is 6.48. The highest BCUT2D eigenvalue weighted by Crippen LogP contribution is 2.40. The SMILES string of the molecule is COc1cc2c(c(Nc3nc(C)c(C)cc3Br)c1C)CC2. The zero-order chi connectivity index (χ0) is 15.1. The molecule has 1 aromatic carbocycles. The van der Waals surface area contributed by atoms with E-state index in [-0.39, 0.29) is 0 Å². The number of benzene rings is 1. The standard InChI is InChI=1S/C17H19BrN2O/c1-9-7-14(18)17(19-11(9)3)20-16-10(2)15(21-4)8-12-5-6-13(12)16/h7-8H,5-6H2,1-4H3,(H,19,20). The molecule has 2 aromatic rings. The van der Waals surface area contributed by atoms with Crippen LogP contribution in [0, 0.1) is 20.8 Å². The Morgan fingerprint density at radius 3 is 2.57 bits per heavy atom. The van der Waals surface area contributed by atoms with E-state index in [4.69, 9.17) is 4.74 Å². The molecule has 0 unspecified atom stereocenters. The average Bonchev–Trinajstić information content (AvgIpc) is 2.41. The summed E-state index contributed by atoms with van der Waals surface area (Å²) in [4.78, 5) is 4.66. The van der Waals surface area contributed by atoms with Crippen LogP contribution in [0.15, 0.2) is 16.6 Å². The third-order valence-electron chi connectivity index (χ3n) is 4.27. The molecule has 0 aliphatic heterocycles. The number of pyridine rings is 1. The van der Waals surface area contributed by atoms with E-state index < -0.39 is 0 Å². The minimum Gasteiger partial charge on any atom is -0.496 e. The number of halogens is 1. The Morgan fingerprint density at radius 2 is 1.95 bits per heavy atom. The minimum atomic E-state index is 0.864. The fourth-order valence-electron chi connectivity index (χ4n) is 2.71. The number of aryl methyl sites for hydroxylation is 3. The predicted molar refractivity (Wildman–Crippen MR) is 89.8 cm³/mol.